The van der Waals surface area contributed by atoms with Gasteiger partial charge in [0.2, 0.25) is 22.7 Å². The van der Waals surface area contributed by atoms with Gasteiger partial charge >= 0.3 is 0 Å². The van der Waals surface area contributed by atoms with Gasteiger partial charge < -0.3 is 19.9 Å². The number of fused-ring (bicyclic) bond motifs is 2. The molecule has 24 heavy (non-hydrogen) atoms. The summed E-state index contributed by atoms with van der Waals surface area (Å²) in [6.07, 6.45) is 2.48. The van der Waals surface area contributed by atoms with Crippen molar-refractivity contribution in [3.63, 3.8) is 0 Å². The highest BCUT2D eigenvalue weighted by molar-refractivity contribution is 6.48. The number of hydrogen-bond acceptors (Lipinski definition) is 7. The highest BCUT2D eigenvalue weighted by Crippen LogP contribution is 2.80. The molecule has 1 aromatic heterocycles. The first-order chi connectivity index (χ1) is 11.4. The van der Waals surface area contributed by atoms with Gasteiger partial charge in [0.05, 0.1) is 5.57 Å². The molecule has 2 unspecified atom stereocenters. The number of ketones is 2. The molecule has 1 aliphatic heterocycles. The number of nitrogens with one attached hydrogen (secondary N) is 1. The van der Waals surface area contributed by atoms with Crippen LogP contribution in [-0.4, -0.2) is 34.4 Å². The highest BCUT2D eigenvalue weighted by atomic mass is 16.4. The van der Waals surface area contributed by atoms with E-state index < -0.39 is 28.5 Å². The van der Waals surface area contributed by atoms with Crippen LogP contribution in [0, 0.1) is 11.8 Å². The van der Waals surface area contributed by atoms with E-state index in [4.69, 9.17) is 4.42 Å². The Labute approximate surface area is 135 Å². The van der Waals surface area contributed by atoms with Gasteiger partial charge in [0, 0.05) is 29.7 Å². The molecule has 0 amide bonds. The van der Waals surface area contributed by atoms with Crippen molar-refractivity contribution in [3.05, 3.63) is 45.7 Å². The van der Waals surface area contributed by atoms with Crippen LogP contribution in [0.1, 0.15) is 17.9 Å². The van der Waals surface area contributed by atoms with Crippen molar-refractivity contribution in [2.24, 2.45) is 11.8 Å². The van der Waals surface area contributed by atoms with Crippen LogP contribution in [0.5, 0.6) is 5.75 Å². The third-order valence-electron chi connectivity index (χ3n) is 5.71. The smallest absolute Gasteiger partial charge is 0.229 e. The first-order valence-corrected chi connectivity index (χ1v) is 7.77. The van der Waals surface area contributed by atoms with Crippen LogP contribution in [0.3, 0.4) is 0 Å². The lowest BCUT2D eigenvalue weighted by atomic mass is 9.82. The summed E-state index contributed by atoms with van der Waals surface area (Å²) in [7, 11) is 0. The van der Waals surface area contributed by atoms with Crippen molar-refractivity contribution < 1.29 is 24.2 Å². The summed E-state index contributed by atoms with van der Waals surface area (Å²) in [6.45, 7) is 0.832. The summed E-state index contributed by atoms with van der Waals surface area (Å²) in [5.41, 5.74) is -0.946. The number of carbonyl (C=O) groups excluding carboxylic acids is 2. The van der Waals surface area contributed by atoms with Crippen molar-refractivity contribution in [2.75, 3.05) is 6.54 Å². The fraction of sp³-hybridized carbons (Fsp3) is 0.353. The quantitative estimate of drug-likeness (QED) is 0.524. The van der Waals surface area contributed by atoms with Gasteiger partial charge in [-0.25, -0.2) is 0 Å². The minimum atomic E-state index is -0.863. The Morgan fingerprint density at radius 2 is 1.83 bits per heavy atom. The van der Waals surface area contributed by atoms with E-state index in [0.717, 1.165) is 25.1 Å². The SMILES string of the molecule is O=C1C=C(O)C(c2oc(C34CCNC5C3C54)cc(=O)c2O)=CC1=O. The number of carbonyl (C=O) groups is 2. The van der Waals surface area contributed by atoms with E-state index in [2.05, 4.69) is 5.32 Å². The van der Waals surface area contributed by atoms with Gasteiger partial charge in [-0.15, -0.1) is 0 Å². The van der Waals surface area contributed by atoms with E-state index in [1.54, 1.807) is 0 Å². The third-order valence-corrected chi connectivity index (χ3v) is 5.71. The van der Waals surface area contributed by atoms with Gasteiger partial charge in [0.25, 0.3) is 0 Å². The first-order valence-electron chi connectivity index (χ1n) is 7.77. The molecule has 3 aliphatic carbocycles. The highest BCUT2D eigenvalue weighted by Gasteiger charge is 2.86. The van der Waals surface area contributed by atoms with Crippen molar-refractivity contribution in [1.29, 1.82) is 0 Å². The second-order valence-corrected chi connectivity index (χ2v) is 6.79. The Morgan fingerprint density at radius 1 is 1.12 bits per heavy atom. The molecular formula is C17H13NO6. The molecule has 2 atom stereocenters. The fourth-order valence-corrected chi connectivity index (χ4v) is 4.45. The predicted octanol–water partition coefficient (Wildman–Crippen LogP) is 0.182. The Kier molecular flexibility index (Phi) is 2.32. The second-order valence-electron chi connectivity index (χ2n) is 6.79. The molecule has 2 heterocycles. The number of piperidine rings is 2. The zero-order chi connectivity index (χ0) is 16.8. The van der Waals surface area contributed by atoms with Gasteiger partial charge in [-0.2, -0.15) is 0 Å². The number of aliphatic hydroxyl groups excluding tert-OH is 1. The van der Waals surface area contributed by atoms with Crippen LogP contribution >= 0.6 is 0 Å². The van der Waals surface area contributed by atoms with Crippen LogP contribution < -0.4 is 10.7 Å². The number of aliphatic hydroxyl groups is 1. The summed E-state index contributed by atoms with van der Waals surface area (Å²) in [6, 6.07) is 1.77. The van der Waals surface area contributed by atoms with Crippen molar-refractivity contribution in [2.45, 2.75) is 17.9 Å². The largest absolute Gasteiger partial charge is 0.507 e. The monoisotopic (exact) mass is 327 g/mol. The molecular weight excluding hydrogens is 314 g/mol. The Hall–Kier alpha value is -2.67. The van der Waals surface area contributed by atoms with E-state index in [9.17, 15) is 24.6 Å². The zero-order valence-corrected chi connectivity index (χ0v) is 12.4. The molecule has 4 aliphatic rings. The lowest BCUT2D eigenvalue weighted by Gasteiger charge is -2.32. The molecule has 0 radical (unpaired) electrons. The molecule has 1 aromatic rings. The van der Waals surface area contributed by atoms with Crippen LogP contribution in [-0.2, 0) is 15.0 Å². The molecule has 7 nitrogen and oxygen atoms in total. The number of aromatic hydroxyl groups is 1. The van der Waals surface area contributed by atoms with Crippen LogP contribution in [0.15, 0.2) is 33.2 Å². The summed E-state index contributed by atoms with van der Waals surface area (Å²) in [4.78, 5) is 35.1. The molecule has 7 heteroatoms. The van der Waals surface area contributed by atoms with Gasteiger partial charge in [0.1, 0.15) is 11.5 Å². The van der Waals surface area contributed by atoms with Gasteiger partial charge in [-0.3, -0.25) is 14.4 Å². The van der Waals surface area contributed by atoms with Gasteiger partial charge in [0.15, 0.2) is 5.76 Å². The van der Waals surface area contributed by atoms with E-state index in [-0.39, 0.29) is 16.7 Å². The minimum absolute atomic E-state index is 0.146. The summed E-state index contributed by atoms with van der Waals surface area (Å²) in [5.74, 6) is -1.78. The molecule has 2 saturated carbocycles. The first kappa shape index (κ1) is 13.7. The maximum Gasteiger partial charge on any atom is 0.229 e. The van der Waals surface area contributed by atoms with Gasteiger partial charge in [-0.05, 0) is 24.8 Å². The average Bonchev–Trinajstić information content (AvgIpc) is 3.45. The molecule has 122 valence electrons. The Bertz CT molecular complexity index is 942. The maximum absolute atomic E-state index is 12.2. The zero-order valence-electron chi connectivity index (χ0n) is 12.4. The lowest BCUT2D eigenvalue weighted by Crippen LogP contribution is -2.43. The molecule has 0 bridgehead atoms. The normalized spacial score (nSPS) is 35.9. The second kappa shape index (κ2) is 4.05. The Morgan fingerprint density at radius 3 is 2.54 bits per heavy atom. The van der Waals surface area contributed by atoms with Crippen molar-refractivity contribution >= 4 is 17.1 Å². The third kappa shape index (κ3) is 1.48. The summed E-state index contributed by atoms with van der Waals surface area (Å²) >= 11 is 0. The molecule has 0 aromatic carbocycles. The van der Waals surface area contributed by atoms with E-state index in [0.29, 0.717) is 23.6 Å². The fourth-order valence-electron chi connectivity index (χ4n) is 4.45. The van der Waals surface area contributed by atoms with Crippen LogP contribution in [0.4, 0.5) is 0 Å². The Balaban J connectivity index is 1.64. The predicted molar refractivity (Wildman–Crippen MR) is 80.4 cm³/mol. The standard InChI is InChI=1S/C17H13NO6/c19-7-4-9(21)8(20)3-6(7)16-15(23)10(22)5-11(24-16)17-1-2-18-14-12(17)13(14)17/h3-5,12-14,18-19,23H,1-2H2. The lowest BCUT2D eigenvalue weighted by molar-refractivity contribution is -0.131. The molecule has 3 N–H and O–H groups in total. The van der Waals surface area contributed by atoms with E-state index in [1.807, 2.05) is 0 Å². The maximum atomic E-state index is 12.2. The average molecular weight is 327 g/mol. The topological polar surface area (TPSA) is 117 Å². The minimum Gasteiger partial charge on any atom is -0.507 e. The van der Waals surface area contributed by atoms with Gasteiger partial charge in [-0.1, -0.05) is 0 Å². The molecule has 0 spiro atoms. The molecule has 3 fully saturated rings. The van der Waals surface area contributed by atoms with Crippen molar-refractivity contribution in [3.8, 4) is 5.75 Å². The molecule has 5 rings (SSSR count). The van der Waals surface area contributed by atoms with E-state index >= 15 is 0 Å². The molecule has 1 saturated heterocycles. The summed E-state index contributed by atoms with van der Waals surface area (Å²) < 4.78 is 5.77. The van der Waals surface area contributed by atoms with Crippen molar-refractivity contribution in [1.82, 2.24) is 5.32 Å². The number of rotatable bonds is 2. The van der Waals surface area contributed by atoms with Crippen LogP contribution in [0.2, 0.25) is 0 Å². The number of allylic oxidation sites excluding steroid dienone is 3. The summed E-state index contributed by atoms with van der Waals surface area (Å²) in [5, 5.41) is 23.4. The number of hydrogen-bond donors (Lipinski definition) is 3. The van der Waals surface area contributed by atoms with E-state index in [1.165, 1.54) is 6.07 Å². The van der Waals surface area contributed by atoms with Crippen LogP contribution in [0.25, 0.3) is 5.57 Å².